The van der Waals surface area contributed by atoms with E-state index in [1.807, 2.05) is 51.3 Å². The Hall–Kier alpha value is -3.13. The third kappa shape index (κ3) is 32.3. The maximum Gasteiger partial charge on any atom is 0.315 e. The maximum atomic E-state index is 12.3. The fraction of sp³-hybridized carbons (Fsp3) is 0.800. The number of ether oxygens (including phenoxy) is 1. The summed E-state index contributed by atoms with van der Waals surface area (Å²) in [7, 11) is 1.76. The Labute approximate surface area is 334 Å². The largest absolute Gasteiger partial charge is 0.385 e. The van der Waals surface area contributed by atoms with E-state index in [1.165, 1.54) is 44.6 Å². The average molecular weight is 789 g/mol. The fourth-order valence-electron chi connectivity index (χ4n) is 4.91. The SMILES string of the molecule is C=CCNC(=O)C(=O)CNC=O.CC.CC1CCCN1C(=O)CNC(=O)NC(CN1CCCCC1=O)C(C)(C)C.CCC.CCCCCCCOC.CS. The molecule has 2 fully saturated rings. The molecule has 6 amide bonds. The van der Waals surface area contributed by atoms with E-state index in [4.69, 9.17) is 4.74 Å². The van der Waals surface area contributed by atoms with Crippen LogP contribution in [0.5, 0.6) is 0 Å². The highest BCUT2D eigenvalue weighted by atomic mass is 32.1. The van der Waals surface area contributed by atoms with Crippen molar-refractivity contribution in [2.75, 3.05) is 59.2 Å². The molecule has 0 aromatic rings. The minimum atomic E-state index is -0.718. The lowest BCUT2D eigenvalue weighted by molar-refractivity contribution is -0.137. The third-order valence-electron chi connectivity index (χ3n) is 7.91. The van der Waals surface area contributed by atoms with Crippen LogP contribution in [0, 0.1) is 5.41 Å². The Morgan fingerprint density at radius 2 is 1.57 bits per heavy atom. The smallest absolute Gasteiger partial charge is 0.315 e. The summed E-state index contributed by atoms with van der Waals surface area (Å²) in [6.45, 7) is 25.0. The van der Waals surface area contributed by atoms with Crippen molar-refractivity contribution in [3.63, 3.8) is 0 Å². The van der Waals surface area contributed by atoms with Gasteiger partial charge in [0, 0.05) is 52.4 Å². The quantitative estimate of drug-likeness (QED) is 0.0401. The maximum absolute atomic E-state index is 12.3. The van der Waals surface area contributed by atoms with Crippen molar-refractivity contribution in [3.8, 4) is 0 Å². The third-order valence-corrected chi connectivity index (χ3v) is 7.91. The number of piperidine rings is 1. The molecule has 0 aromatic heterocycles. The van der Waals surface area contributed by atoms with Crippen LogP contribution in [0.1, 0.15) is 133 Å². The van der Waals surface area contributed by atoms with Crippen molar-refractivity contribution in [2.45, 2.75) is 145 Å². The van der Waals surface area contributed by atoms with Crippen LogP contribution in [0.15, 0.2) is 12.7 Å². The van der Waals surface area contributed by atoms with Crippen LogP contribution in [0.3, 0.4) is 0 Å². The molecule has 2 heterocycles. The van der Waals surface area contributed by atoms with Gasteiger partial charge >= 0.3 is 6.03 Å². The van der Waals surface area contributed by atoms with Gasteiger partial charge in [-0.25, -0.2) is 4.79 Å². The summed E-state index contributed by atoms with van der Waals surface area (Å²) < 4.78 is 4.92. The van der Waals surface area contributed by atoms with Gasteiger partial charge in [0.15, 0.2) is 0 Å². The van der Waals surface area contributed by atoms with E-state index in [0.717, 1.165) is 45.4 Å². The van der Waals surface area contributed by atoms with Gasteiger partial charge in [-0.1, -0.05) is 93.6 Å². The predicted molar refractivity (Wildman–Crippen MR) is 226 cm³/mol. The van der Waals surface area contributed by atoms with Crippen molar-refractivity contribution in [3.05, 3.63) is 12.7 Å². The molecule has 4 N–H and O–H groups in total. The van der Waals surface area contributed by atoms with E-state index < -0.39 is 11.7 Å². The molecule has 0 bridgehead atoms. The lowest BCUT2D eigenvalue weighted by atomic mass is 9.86. The Balaban J connectivity index is -0.000000370. The molecule has 0 radical (unpaired) electrons. The second-order valence-electron chi connectivity index (χ2n) is 13.7. The monoisotopic (exact) mass is 789 g/mol. The molecule has 2 aliphatic rings. The number of Topliss-reactive ketones (excluding diaryl/α,β-unsaturated/α-hetero) is 1. The molecule has 2 unspecified atom stereocenters. The first-order valence-corrected chi connectivity index (χ1v) is 20.8. The first kappa shape index (κ1) is 57.6. The van der Waals surface area contributed by atoms with E-state index in [1.54, 1.807) is 13.4 Å². The van der Waals surface area contributed by atoms with Crippen LogP contribution >= 0.6 is 12.6 Å². The van der Waals surface area contributed by atoms with E-state index >= 15 is 0 Å². The number of unbranched alkanes of at least 4 members (excludes halogenated alkanes) is 4. The molecular weight excluding hydrogens is 709 g/mol. The van der Waals surface area contributed by atoms with Crippen molar-refractivity contribution >= 4 is 48.6 Å². The molecule has 318 valence electrons. The highest BCUT2D eigenvalue weighted by Crippen LogP contribution is 2.22. The first-order valence-electron chi connectivity index (χ1n) is 19.9. The van der Waals surface area contributed by atoms with Crippen LogP contribution in [-0.4, -0.2) is 117 Å². The summed E-state index contributed by atoms with van der Waals surface area (Å²) in [6.07, 6.45) is 16.0. The molecule has 2 atom stereocenters. The number of amides is 6. The predicted octanol–water partition coefficient (Wildman–Crippen LogP) is 5.92. The number of hydrogen-bond donors (Lipinski definition) is 5. The van der Waals surface area contributed by atoms with Gasteiger partial charge in [0.05, 0.1) is 19.1 Å². The Morgan fingerprint density at radius 3 is 2.06 bits per heavy atom. The van der Waals surface area contributed by atoms with Crippen LogP contribution < -0.4 is 21.3 Å². The number of likely N-dealkylation sites (tertiary alicyclic amines) is 2. The molecule has 2 rings (SSSR count). The normalized spacial score (nSPS) is 14.8. The lowest BCUT2D eigenvalue weighted by Gasteiger charge is -2.37. The molecular formula is C40H80N6O7S. The number of methoxy groups -OCH3 is 1. The van der Waals surface area contributed by atoms with Crippen molar-refractivity contribution in [1.29, 1.82) is 0 Å². The molecule has 0 spiro atoms. The van der Waals surface area contributed by atoms with Gasteiger partial charge in [0.25, 0.3) is 5.91 Å². The minimum absolute atomic E-state index is 0.00960. The Morgan fingerprint density at radius 1 is 0.963 bits per heavy atom. The first-order chi connectivity index (χ1) is 25.7. The van der Waals surface area contributed by atoms with Gasteiger partial charge in [0.2, 0.25) is 24.0 Å². The topological polar surface area (TPSA) is 166 Å². The van der Waals surface area contributed by atoms with E-state index in [-0.39, 0.29) is 55.0 Å². The molecule has 0 aromatic carbocycles. The molecule has 0 saturated carbocycles. The van der Waals surface area contributed by atoms with Gasteiger partial charge < -0.3 is 35.8 Å². The fourth-order valence-corrected chi connectivity index (χ4v) is 4.91. The van der Waals surface area contributed by atoms with E-state index in [2.05, 4.69) is 61.2 Å². The van der Waals surface area contributed by atoms with E-state index in [0.29, 0.717) is 19.4 Å². The lowest BCUT2D eigenvalue weighted by Crippen LogP contribution is -2.55. The van der Waals surface area contributed by atoms with Gasteiger partial charge in [-0.2, -0.15) is 12.6 Å². The number of nitrogens with one attached hydrogen (secondary N) is 4. The van der Waals surface area contributed by atoms with Crippen LogP contribution in [0.2, 0.25) is 0 Å². The van der Waals surface area contributed by atoms with Gasteiger partial charge in [-0.05, 0) is 50.7 Å². The number of hydrogen-bond acceptors (Lipinski definition) is 8. The van der Waals surface area contributed by atoms with Gasteiger partial charge in [-0.15, -0.1) is 6.58 Å². The van der Waals surface area contributed by atoms with E-state index in [9.17, 15) is 28.8 Å². The Kier molecular flexibility index (Phi) is 42.2. The van der Waals surface area contributed by atoms with Gasteiger partial charge in [0.1, 0.15) is 0 Å². The van der Waals surface area contributed by atoms with Crippen molar-refractivity contribution < 1.29 is 33.5 Å². The summed E-state index contributed by atoms with van der Waals surface area (Å²) in [5, 5.41) is 10.0. The second-order valence-corrected chi connectivity index (χ2v) is 13.7. The zero-order chi connectivity index (χ0) is 42.4. The zero-order valence-electron chi connectivity index (χ0n) is 35.9. The second kappa shape index (κ2) is 39.6. The van der Waals surface area contributed by atoms with Crippen LogP contribution in [-0.2, 0) is 28.7 Å². The highest BCUT2D eigenvalue weighted by molar-refractivity contribution is 7.79. The van der Waals surface area contributed by atoms with Crippen LogP contribution in [0.25, 0.3) is 0 Å². The highest BCUT2D eigenvalue weighted by Gasteiger charge is 2.31. The summed E-state index contributed by atoms with van der Waals surface area (Å²) in [6, 6.07) is -0.278. The molecule has 2 saturated heterocycles. The number of ketones is 1. The Bertz CT molecular complexity index is 966. The minimum Gasteiger partial charge on any atom is -0.385 e. The number of carbonyl (C=O) groups is 6. The summed E-state index contributed by atoms with van der Waals surface area (Å²) in [5.74, 6) is -1.28. The number of rotatable bonds is 17. The number of thiol groups is 1. The number of urea groups is 1. The number of carbonyl (C=O) groups excluding carboxylic acids is 6. The molecule has 54 heavy (non-hydrogen) atoms. The van der Waals surface area contributed by atoms with Crippen molar-refractivity contribution in [1.82, 2.24) is 31.1 Å². The number of nitrogens with zero attached hydrogens (tertiary/aromatic N) is 2. The average Bonchev–Trinajstić information content (AvgIpc) is 3.60. The zero-order valence-corrected chi connectivity index (χ0v) is 36.8. The summed E-state index contributed by atoms with van der Waals surface area (Å²) in [4.78, 5) is 71.5. The molecule has 0 aliphatic carbocycles. The molecule has 14 heteroatoms. The summed E-state index contributed by atoms with van der Waals surface area (Å²) in [5.41, 5.74) is -0.192. The van der Waals surface area contributed by atoms with Crippen molar-refractivity contribution in [2.24, 2.45) is 5.41 Å². The van der Waals surface area contributed by atoms with Gasteiger partial charge in [-0.3, -0.25) is 24.0 Å². The van der Waals surface area contributed by atoms with Crippen LogP contribution in [0.4, 0.5) is 4.79 Å². The summed E-state index contributed by atoms with van der Waals surface area (Å²) >= 11 is 3.53. The molecule has 13 nitrogen and oxygen atoms in total. The standard InChI is InChI=1S/C19H34N4O3.C8H18O.C7H10N2O3.C3H8.C2H6.CH4S/c1-14-8-7-11-23(14)17(25)12-20-18(26)21-15(19(2,3)4)13-22-10-6-5-9-16(22)24;1-3-4-5-6-7-8-9-2;1-2-3-9-7(12)6(11)4-8-5-10;1-3-2;2*1-2/h14-15H,5-13H2,1-4H3,(H2,20,21,26);3-8H2,1-2H3;2,5H,1,3-4H2,(H,8,10)(H,9,12);3H2,1-2H3;1-2H3;2H,1H3. The molecule has 2 aliphatic heterocycles.